The Bertz CT molecular complexity index is 301. The number of carboxylic acids is 1. The third-order valence-corrected chi connectivity index (χ3v) is 3.62. The summed E-state index contributed by atoms with van der Waals surface area (Å²) >= 11 is 0. The standard InChI is InChI=1S/C12H21NO4/c1-12(2)6-4-3-5-8(12)10(15)13-9(7-14)11(16)17/h8-9,14H,3-7H2,1-2H3,(H,13,15)(H,16,17)/t8?,9-/m1/s1. The van der Waals surface area contributed by atoms with Crippen molar-refractivity contribution in [2.75, 3.05) is 6.61 Å². The molecule has 0 radical (unpaired) electrons. The van der Waals surface area contributed by atoms with Crippen molar-refractivity contribution in [3.63, 3.8) is 0 Å². The van der Waals surface area contributed by atoms with E-state index in [1.54, 1.807) is 0 Å². The van der Waals surface area contributed by atoms with Crippen LogP contribution < -0.4 is 5.32 Å². The van der Waals surface area contributed by atoms with Crippen LogP contribution in [0.15, 0.2) is 0 Å². The van der Waals surface area contributed by atoms with Crippen molar-refractivity contribution in [2.24, 2.45) is 11.3 Å². The van der Waals surface area contributed by atoms with Crippen LogP contribution in [0.2, 0.25) is 0 Å². The molecule has 0 aromatic rings. The van der Waals surface area contributed by atoms with Gasteiger partial charge in [0.15, 0.2) is 0 Å². The van der Waals surface area contributed by atoms with Crippen molar-refractivity contribution in [1.29, 1.82) is 0 Å². The zero-order valence-electron chi connectivity index (χ0n) is 10.4. The highest BCUT2D eigenvalue weighted by atomic mass is 16.4. The highest BCUT2D eigenvalue weighted by Gasteiger charge is 2.38. The molecule has 1 amide bonds. The third kappa shape index (κ3) is 3.43. The van der Waals surface area contributed by atoms with E-state index in [-0.39, 0.29) is 17.2 Å². The van der Waals surface area contributed by atoms with Gasteiger partial charge in [0.2, 0.25) is 5.91 Å². The lowest BCUT2D eigenvalue weighted by molar-refractivity contribution is -0.144. The first-order valence-electron chi connectivity index (χ1n) is 6.02. The lowest BCUT2D eigenvalue weighted by Gasteiger charge is -2.37. The fourth-order valence-corrected chi connectivity index (χ4v) is 2.44. The van der Waals surface area contributed by atoms with Crippen molar-refractivity contribution in [3.05, 3.63) is 0 Å². The Balaban J connectivity index is 2.65. The highest BCUT2D eigenvalue weighted by molar-refractivity contribution is 5.85. The van der Waals surface area contributed by atoms with E-state index in [2.05, 4.69) is 5.32 Å². The Labute approximate surface area is 101 Å². The summed E-state index contributed by atoms with van der Waals surface area (Å²) < 4.78 is 0. The molecule has 0 saturated heterocycles. The van der Waals surface area contributed by atoms with Crippen molar-refractivity contribution in [2.45, 2.75) is 45.6 Å². The van der Waals surface area contributed by atoms with Gasteiger partial charge in [-0.3, -0.25) is 4.79 Å². The summed E-state index contributed by atoms with van der Waals surface area (Å²) in [4.78, 5) is 22.7. The van der Waals surface area contributed by atoms with Gasteiger partial charge in [0.25, 0.3) is 0 Å². The zero-order chi connectivity index (χ0) is 13.1. The van der Waals surface area contributed by atoms with E-state index in [9.17, 15) is 9.59 Å². The molecule has 2 atom stereocenters. The number of aliphatic carboxylic acids is 1. The molecule has 0 aliphatic heterocycles. The fraction of sp³-hybridized carbons (Fsp3) is 0.833. The Kier molecular flexibility index (Phi) is 4.51. The lowest BCUT2D eigenvalue weighted by Crippen LogP contribution is -2.49. The molecule has 0 bridgehead atoms. The van der Waals surface area contributed by atoms with Gasteiger partial charge in [-0.2, -0.15) is 0 Å². The monoisotopic (exact) mass is 243 g/mol. The van der Waals surface area contributed by atoms with E-state index in [0.29, 0.717) is 0 Å². The van der Waals surface area contributed by atoms with Crippen molar-refractivity contribution < 1.29 is 19.8 Å². The Morgan fingerprint density at radius 1 is 1.41 bits per heavy atom. The van der Waals surface area contributed by atoms with Gasteiger partial charge in [0.05, 0.1) is 6.61 Å². The van der Waals surface area contributed by atoms with Crippen LogP contribution in [0.25, 0.3) is 0 Å². The van der Waals surface area contributed by atoms with Gasteiger partial charge in [-0.1, -0.05) is 26.7 Å². The molecule has 0 spiro atoms. The smallest absolute Gasteiger partial charge is 0.328 e. The number of amides is 1. The molecule has 0 aromatic carbocycles. The third-order valence-electron chi connectivity index (χ3n) is 3.62. The fourth-order valence-electron chi connectivity index (χ4n) is 2.44. The molecule has 5 heteroatoms. The molecule has 0 aromatic heterocycles. The SMILES string of the molecule is CC1(C)CCCCC1C(=O)N[C@H](CO)C(=O)O. The van der Waals surface area contributed by atoms with E-state index in [0.717, 1.165) is 25.7 Å². The van der Waals surface area contributed by atoms with E-state index in [1.807, 2.05) is 13.8 Å². The summed E-state index contributed by atoms with van der Waals surface area (Å²) in [6.07, 6.45) is 3.87. The molecule has 5 nitrogen and oxygen atoms in total. The lowest BCUT2D eigenvalue weighted by atomic mass is 9.68. The number of carboxylic acid groups (broad SMARTS) is 1. The average molecular weight is 243 g/mol. The number of carbonyl (C=O) groups is 2. The number of carbonyl (C=O) groups excluding carboxylic acids is 1. The quantitative estimate of drug-likeness (QED) is 0.680. The number of rotatable bonds is 4. The number of aliphatic hydroxyl groups excluding tert-OH is 1. The summed E-state index contributed by atoms with van der Waals surface area (Å²) in [6, 6.07) is -1.19. The summed E-state index contributed by atoms with van der Waals surface area (Å²) in [5, 5.41) is 20.1. The predicted octanol–water partition coefficient (Wildman–Crippen LogP) is 0.764. The van der Waals surface area contributed by atoms with E-state index >= 15 is 0 Å². The van der Waals surface area contributed by atoms with Crippen LogP contribution in [-0.4, -0.2) is 34.7 Å². The molecule has 3 N–H and O–H groups in total. The minimum absolute atomic E-state index is 0.0964. The minimum Gasteiger partial charge on any atom is -0.480 e. The van der Waals surface area contributed by atoms with Gasteiger partial charge in [0, 0.05) is 5.92 Å². The second-order valence-electron chi connectivity index (χ2n) is 5.37. The summed E-state index contributed by atoms with van der Waals surface area (Å²) in [6.45, 7) is 3.49. The average Bonchev–Trinajstić information content (AvgIpc) is 2.24. The summed E-state index contributed by atoms with van der Waals surface area (Å²) in [5.41, 5.74) is -0.0964. The number of nitrogens with one attached hydrogen (secondary N) is 1. The molecule has 1 rings (SSSR count). The van der Waals surface area contributed by atoms with Crippen LogP contribution >= 0.6 is 0 Å². The first-order chi connectivity index (χ1) is 7.88. The molecular formula is C12H21NO4. The van der Waals surface area contributed by atoms with Gasteiger partial charge >= 0.3 is 5.97 Å². The number of hydrogen-bond acceptors (Lipinski definition) is 3. The van der Waals surface area contributed by atoms with Gasteiger partial charge < -0.3 is 15.5 Å². The Hall–Kier alpha value is -1.10. The van der Waals surface area contributed by atoms with Gasteiger partial charge in [-0.15, -0.1) is 0 Å². The second-order valence-corrected chi connectivity index (χ2v) is 5.37. The minimum atomic E-state index is -1.20. The van der Waals surface area contributed by atoms with Crippen molar-refractivity contribution in [3.8, 4) is 0 Å². The molecule has 0 heterocycles. The first-order valence-corrected chi connectivity index (χ1v) is 6.02. The molecule has 98 valence electrons. The van der Waals surface area contributed by atoms with Crippen LogP contribution in [-0.2, 0) is 9.59 Å². The second kappa shape index (κ2) is 5.49. The molecule has 1 unspecified atom stereocenters. The molecule has 1 aliphatic rings. The van der Waals surface area contributed by atoms with Crippen LogP contribution in [0.4, 0.5) is 0 Å². The Morgan fingerprint density at radius 2 is 2.06 bits per heavy atom. The van der Waals surface area contributed by atoms with Gasteiger partial charge in [-0.25, -0.2) is 4.79 Å². The number of hydrogen-bond donors (Lipinski definition) is 3. The molecule has 1 aliphatic carbocycles. The van der Waals surface area contributed by atoms with Crippen LogP contribution in [0.3, 0.4) is 0 Å². The zero-order valence-corrected chi connectivity index (χ0v) is 10.4. The maximum absolute atomic E-state index is 12.0. The summed E-state index contributed by atoms with van der Waals surface area (Å²) in [7, 11) is 0. The Morgan fingerprint density at radius 3 is 2.53 bits per heavy atom. The first kappa shape index (κ1) is 14.0. The maximum Gasteiger partial charge on any atom is 0.328 e. The van der Waals surface area contributed by atoms with Gasteiger partial charge in [0.1, 0.15) is 6.04 Å². The topological polar surface area (TPSA) is 86.6 Å². The largest absolute Gasteiger partial charge is 0.480 e. The predicted molar refractivity (Wildman–Crippen MR) is 62.4 cm³/mol. The van der Waals surface area contributed by atoms with Crippen LogP contribution in [0.1, 0.15) is 39.5 Å². The van der Waals surface area contributed by atoms with Crippen molar-refractivity contribution in [1.82, 2.24) is 5.32 Å². The van der Waals surface area contributed by atoms with E-state index < -0.39 is 18.6 Å². The van der Waals surface area contributed by atoms with Crippen molar-refractivity contribution >= 4 is 11.9 Å². The van der Waals surface area contributed by atoms with Gasteiger partial charge in [-0.05, 0) is 18.3 Å². The molecule has 1 saturated carbocycles. The molecule has 17 heavy (non-hydrogen) atoms. The highest BCUT2D eigenvalue weighted by Crippen LogP contribution is 2.40. The molecule has 1 fully saturated rings. The number of aliphatic hydroxyl groups is 1. The molecular weight excluding hydrogens is 222 g/mol. The van der Waals surface area contributed by atoms with E-state index in [1.165, 1.54) is 0 Å². The van der Waals surface area contributed by atoms with Crippen LogP contribution in [0, 0.1) is 11.3 Å². The van der Waals surface area contributed by atoms with E-state index in [4.69, 9.17) is 10.2 Å². The van der Waals surface area contributed by atoms with Crippen LogP contribution in [0.5, 0.6) is 0 Å². The summed E-state index contributed by atoms with van der Waals surface area (Å²) in [5.74, 6) is -1.62. The normalized spacial score (nSPS) is 25.0. The maximum atomic E-state index is 12.0.